The predicted molar refractivity (Wildman–Crippen MR) is 123 cm³/mol. The highest BCUT2D eigenvalue weighted by Gasteiger charge is 2.26. The number of nitrogens with one attached hydrogen (secondary N) is 1. The van der Waals surface area contributed by atoms with Gasteiger partial charge in [-0.05, 0) is 63.6 Å². The molecule has 1 saturated heterocycles. The first-order valence-corrected chi connectivity index (χ1v) is 11.5. The Morgan fingerprint density at radius 2 is 1.81 bits per heavy atom. The number of ether oxygens (including phenoxy) is 1. The fourth-order valence-corrected chi connectivity index (χ4v) is 4.96. The molecule has 0 spiro atoms. The van der Waals surface area contributed by atoms with Crippen LogP contribution in [-0.4, -0.2) is 39.9 Å². The molecule has 0 amide bonds. The third-order valence-electron chi connectivity index (χ3n) is 6.54. The molecular formula is C24H27ClN4O2. The monoisotopic (exact) mass is 438 g/mol. The molecule has 2 fully saturated rings. The molecule has 1 N–H and O–H groups in total. The Kier molecular flexibility index (Phi) is 5.57. The van der Waals surface area contributed by atoms with E-state index in [9.17, 15) is 4.79 Å². The lowest BCUT2D eigenvalue weighted by atomic mass is 9.85. The van der Waals surface area contributed by atoms with E-state index < -0.39 is 0 Å². The fraction of sp³-hybridized carbons (Fsp3) is 0.458. The molecule has 0 radical (unpaired) electrons. The summed E-state index contributed by atoms with van der Waals surface area (Å²) < 4.78 is 6.06. The van der Waals surface area contributed by atoms with Gasteiger partial charge in [0.2, 0.25) is 0 Å². The smallest absolute Gasteiger partial charge is 0.296 e. The minimum absolute atomic E-state index is 0.0734. The van der Waals surface area contributed by atoms with Crippen molar-refractivity contribution in [1.29, 1.82) is 0 Å². The van der Waals surface area contributed by atoms with E-state index in [1.54, 1.807) is 6.92 Å². The van der Waals surface area contributed by atoms with Crippen molar-refractivity contribution in [2.75, 3.05) is 18.0 Å². The molecule has 1 aliphatic heterocycles. The number of fused-ring (bicyclic) bond motifs is 1. The van der Waals surface area contributed by atoms with Gasteiger partial charge in [-0.25, -0.2) is 4.98 Å². The van der Waals surface area contributed by atoms with E-state index in [0.717, 1.165) is 55.5 Å². The van der Waals surface area contributed by atoms with Crippen LogP contribution in [0, 0.1) is 5.92 Å². The standard InChI is InChI=1S/C24H27ClN4O2/c1-15(30)16-6-10-19(11-7-16)31-24-26-21-14-20(25)22(27-23(21)28-24)17-4-8-18(9-5-17)29-12-2-3-13-29/h4-5,8-9,14,16,19H,2-3,6-7,10-13H2,1H3,(H,26,27,28)/t16-,19-. The minimum atomic E-state index is 0.0734. The Morgan fingerprint density at radius 3 is 2.48 bits per heavy atom. The number of hydrogen-bond donors (Lipinski definition) is 1. The number of nitrogens with zero attached hydrogens (tertiary/aromatic N) is 3. The second-order valence-corrected chi connectivity index (χ2v) is 9.08. The number of aromatic nitrogens is 3. The third kappa shape index (κ3) is 4.26. The maximum atomic E-state index is 11.6. The number of aromatic amines is 1. The van der Waals surface area contributed by atoms with Gasteiger partial charge in [-0.15, -0.1) is 0 Å². The summed E-state index contributed by atoms with van der Waals surface area (Å²) in [6, 6.07) is 10.8. The van der Waals surface area contributed by atoms with Gasteiger partial charge in [-0.2, -0.15) is 4.98 Å². The van der Waals surface area contributed by atoms with E-state index >= 15 is 0 Å². The van der Waals surface area contributed by atoms with Gasteiger partial charge in [-0.1, -0.05) is 23.7 Å². The van der Waals surface area contributed by atoms with Crippen LogP contribution in [0.5, 0.6) is 6.01 Å². The number of halogens is 1. The van der Waals surface area contributed by atoms with Crippen molar-refractivity contribution in [2.24, 2.45) is 5.92 Å². The molecule has 3 heterocycles. The molecule has 0 bridgehead atoms. The van der Waals surface area contributed by atoms with Crippen molar-refractivity contribution in [3.63, 3.8) is 0 Å². The summed E-state index contributed by atoms with van der Waals surface area (Å²) in [4.78, 5) is 26.4. The molecule has 1 aromatic carbocycles. The molecule has 31 heavy (non-hydrogen) atoms. The zero-order valence-corrected chi connectivity index (χ0v) is 18.5. The zero-order valence-electron chi connectivity index (χ0n) is 17.7. The summed E-state index contributed by atoms with van der Waals surface area (Å²) >= 11 is 6.56. The van der Waals surface area contributed by atoms with E-state index in [2.05, 4.69) is 39.1 Å². The van der Waals surface area contributed by atoms with E-state index in [1.807, 2.05) is 6.07 Å². The molecule has 6 nitrogen and oxygen atoms in total. The molecular weight excluding hydrogens is 412 g/mol. The Morgan fingerprint density at radius 1 is 1.10 bits per heavy atom. The molecule has 2 aromatic heterocycles. The summed E-state index contributed by atoms with van der Waals surface area (Å²) in [5.41, 5.74) is 4.30. The number of Topliss-reactive ketones (excluding diaryl/α,β-unsaturated/α-hetero) is 1. The second-order valence-electron chi connectivity index (χ2n) is 8.68. The molecule has 7 heteroatoms. The quantitative estimate of drug-likeness (QED) is 0.577. The number of pyridine rings is 1. The van der Waals surface area contributed by atoms with Gasteiger partial charge in [-0.3, -0.25) is 4.79 Å². The number of carbonyl (C=O) groups is 1. The summed E-state index contributed by atoms with van der Waals surface area (Å²) in [6.07, 6.45) is 6.07. The van der Waals surface area contributed by atoms with Gasteiger partial charge in [0, 0.05) is 30.3 Å². The lowest BCUT2D eigenvalue weighted by molar-refractivity contribution is -0.122. The van der Waals surface area contributed by atoms with Crippen molar-refractivity contribution in [1.82, 2.24) is 15.0 Å². The molecule has 3 aromatic rings. The molecule has 5 rings (SSSR count). The number of ketones is 1. The summed E-state index contributed by atoms with van der Waals surface area (Å²) in [6.45, 7) is 3.92. The van der Waals surface area contributed by atoms with E-state index in [1.165, 1.54) is 18.5 Å². The van der Waals surface area contributed by atoms with E-state index in [-0.39, 0.29) is 17.8 Å². The number of hydrogen-bond acceptors (Lipinski definition) is 5. The first-order valence-electron chi connectivity index (χ1n) is 11.2. The van der Waals surface area contributed by atoms with Gasteiger partial charge in [0.25, 0.3) is 6.01 Å². The topological polar surface area (TPSA) is 71.1 Å². The van der Waals surface area contributed by atoms with Gasteiger partial charge >= 0.3 is 0 Å². The van der Waals surface area contributed by atoms with Crippen molar-refractivity contribution < 1.29 is 9.53 Å². The van der Waals surface area contributed by atoms with Gasteiger partial charge in [0.15, 0.2) is 5.65 Å². The lowest BCUT2D eigenvalue weighted by Gasteiger charge is -2.26. The first-order chi connectivity index (χ1) is 15.1. The van der Waals surface area contributed by atoms with Gasteiger partial charge in [0.05, 0.1) is 16.2 Å². The normalized spacial score (nSPS) is 21.5. The molecule has 162 valence electrons. The van der Waals surface area contributed by atoms with Crippen LogP contribution in [0.15, 0.2) is 30.3 Å². The fourth-order valence-electron chi connectivity index (χ4n) is 4.70. The van der Waals surface area contributed by atoms with Crippen LogP contribution in [0.1, 0.15) is 45.4 Å². The maximum Gasteiger partial charge on any atom is 0.296 e. The Labute approximate surface area is 187 Å². The molecule has 2 aliphatic rings. The summed E-state index contributed by atoms with van der Waals surface area (Å²) in [5.74, 6) is 0.456. The zero-order chi connectivity index (χ0) is 21.4. The largest absolute Gasteiger partial charge is 0.461 e. The summed E-state index contributed by atoms with van der Waals surface area (Å²) in [7, 11) is 0. The van der Waals surface area contributed by atoms with Crippen LogP contribution in [0.3, 0.4) is 0 Å². The van der Waals surface area contributed by atoms with Crippen molar-refractivity contribution in [3.05, 3.63) is 35.4 Å². The maximum absolute atomic E-state index is 11.6. The predicted octanol–water partition coefficient (Wildman–Crippen LogP) is 5.41. The van der Waals surface area contributed by atoms with Crippen LogP contribution in [0.25, 0.3) is 22.4 Å². The third-order valence-corrected chi connectivity index (χ3v) is 6.83. The minimum Gasteiger partial charge on any atom is -0.461 e. The number of benzene rings is 1. The number of H-pyrrole nitrogens is 1. The average Bonchev–Trinajstić information content (AvgIpc) is 3.43. The lowest BCUT2D eigenvalue weighted by Crippen LogP contribution is -2.27. The SMILES string of the molecule is CC(=O)[C@H]1CC[C@H](Oc2nc3nc(-c4ccc(N5CCCC5)cc4)c(Cl)cc3[nH]2)CC1. The Balaban J connectivity index is 1.33. The number of carbonyl (C=O) groups excluding carboxylic acids is 1. The molecule has 1 aliphatic carbocycles. The molecule has 1 saturated carbocycles. The van der Waals surface area contributed by atoms with E-state index in [4.69, 9.17) is 21.3 Å². The van der Waals surface area contributed by atoms with Crippen LogP contribution < -0.4 is 9.64 Å². The molecule has 0 atom stereocenters. The van der Waals surface area contributed by atoms with Gasteiger partial charge < -0.3 is 14.6 Å². The van der Waals surface area contributed by atoms with Crippen LogP contribution in [-0.2, 0) is 4.79 Å². The second kappa shape index (κ2) is 8.50. The van der Waals surface area contributed by atoms with E-state index in [0.29, 0.717) is 16.7 Å². The van der Waals surface area contributed by atoms with Crippen LogP contribution >= 0.6 is 11.6 Å². The Bertz CT molecular complexity index is 1080. The van der Waals surface area contributed by atoms with Crippen molar-refractivity contribution in [2.45, 2.75) is 51.6 Å². The Hall–Kier alpha value is -2.60. The first kappa shape index (κ1) is 20.3. The van der Waals surface area contributed by atoms with Crippen LogP contribution in [0.4, 0.5) is 5.69 Å². The highest BCUT2D eigenvalue weighted by atomic mass is 35.5. The number of anilines is 1. The van der Waals surface area contributed by atoms with Gasteiger partial charge in [0.1, 0.15) is 11.9 Å². The van der Waals surface area contributed by atoms with Crippen molar-refractivity contribution >= 4 is 34.2 Å². The highest BCUT2D eigenvalue weighted by Crippen LogP contribution is 2.32. The number of imidazole rings is 1. The number of rotatable bonds is 5. The highest BCUT2D eigenvalue weighted by molar-refractivity contribution is 6.33. The van der Waals surface area contributed by atoms with Crippen LogP contribution in [0.2, 0.25) is 5.02 Å². The molecule has 0 unspecified atom stereocenters. The summed E-state index contributed by atoms with van der Waals surface area (Å²) in [5, 5.41) is 0.582. The van der Waals surface area contributed by atoms with Crippen molar-refractivity contribution in [3.8, 4) is 17.3 Å². The average molecular weight is 439 g/mol.